The Hall–Kier alpha value is -2.04. The molecule has 0 amide bonds. The predicted molar refractivity (Wildman–Crippen MR) is 54.4 cm³/mol. The maximum Gasteiger partial charge on any atom is 0.223 e. The van der Waals surface area contributed by atoms with Crippen LogP contribution in [0.5, 0.6) is 0 Å². The van der Waals surface area contributed by atoms with Gasteiger partial charge in [-0.3, -0.25) is 0 Å². The maximum atomic E-state index is 13.0. The Morgan fingerprint density at radius 2 is 2.07 bits per heavy atom. The Labute approximate surface area is 86.0 Å². The van der Waals surface area contributed by atoms with Crippen LogP contribution in [0.4, 0.5) is 10.3 Å². The molecule has 0 radical (unpaired) electrons. The average molecular weight is 204 g/mol. The van der Waals surface area contributed by atoms with E-state index in [4.69, 9.17) is 5.73 Å². The summed E-state index contributed by atoms with van der Waals surface area (Å²) in [6, 6.07) is 4.44. The summed E-state index contributed by atoms with van der Waals surface area (Å²) in [5, 5.41) is 0. The van der Waals surface area contributed by atoms with Crippen molar-refractivity contribution in [3.8, 4) is 11.4 Å². The number of nitrogens with two attached hydrogens (primary N) is 1. The van der Waals surface area contributed by atoms with E-state index in [1.165, 1.54) is 18.5 Å². The van der Waals surface area contributed by atoms with E-state index >= 15 is 0 Å². The molecule has 76 valence electrons. The minimum Gasteiger partial charge on any atom is -0.368 e. The molecule has 0 aliphatic rings. The van der Waals surface area contributed by atoms with Crippen molar-refractivity contribution in [3.63, 3.8) is 0 Å². The number of aryl methyl sites for hydroxylation is 1. The third-order valence-corrected chi connectivity index (χ3v) is 2.03. The number of hydrogen-bond acceptors (Lipinski definition) is 4. The van der Waals surface area contributed by atoms with Crippen molar-refractivity contribution < 1.29 is 4.39 Å². The largest absolute Gasteiger partial charge is 0.368 e. The van der Waals surface area contributed by atoms with Crippen LogP contribution in [-0.2, 0) is 0 Å². The molecule has 2 N–H and O–H groups in total. The first-order valence-electron chi connectivity index (χ1n) is 4.38. The van der Waals surface area contributed by atoms with Crippen molar-refractivity contribution >= 4 is 5.95 Å². The molecule has 0 aliphatic carbocycles. The highest BCUT2D eigenvalue weighted by Crippen LogP contribution is 2.20. The maximum absolute atomic E-state index is 13.0. The fourth-order valence-corrected chi connectivity index (χ4v) is 1.27. The molecule has 0 saturated carbocycles. The van der Waals surface area contributed by atoms with Gasteiger partial charge in [-0.05, 0) is 24.6 Å². The van der Waals surface area contributed by atoms with Gasteiger partial charge in [-0.15, -0.1) is 0 Å². The Bertz CT molecular complexity index is 499. The van der Waals surface area contributed by atoms with Crippen LogP contribution in [0.3, 0.4) is 0 Å². The molecule has 15 heavy (non-hydrogen) atoms. The van der Waals surface area contributed by atoms with Gasteiger partial charge in [0.1, 0.15) is 12.1 Å². The zero-order valence-corrected chi connectivity index (χ0v) is 8.11. The fourth-order valence-electron chi connectivity index (χ4n) is 1.27. The van der Waals surface area contributed by atoms with Gasteiger partial charge < -0.3 is 5.73 Å². The highest BCUT2D eigenvalue weighted by Gasteiger charge is 2.06. The summed E-state index contributed by atoms with van der Waals surface area (Å²) in [6.45, 7) is 1.86. The van der Waals surface area contributed by atoms with Gasteiger partial charge in [0.25, 0.3) is 0 Å². The number of aromatic nitrogens is 3. The highest BCUT2D eigenvalue weighted by atomic mass is 19.1. The smallest absolute Gasteiger partial charge is 0.223 e. The van der Waals surface area contributed by atoms with Crippen LogP contribution in [0.25, 0.3) is 11.4 Å². The summed E-state index contributed by atoms with van der Waals surface area (Å²) in [5.74, 6) is 0.192. The number of halogens is 1. The van der Waals surface area contributed by atoms with Crippen molar-refractivity contribution in [1.29, 1.82) is 0 Å². The molecule has 1 heterocycles. The van der Waals surface area contributed by atoms with E-state index in [9.17, 15) is 4.39 Å². The number of nitrogens with zero attached hydrogens (tertiary/aromatic N) is 3. The standard InChI is InChI=1S/C10H9FN4/c1-6-2-3-7(11)4-8(6)9-13-5-14-10(12)15-9/h2-5H,1H3,(H2,12,13,14,15). The monoisotopic (exact) mass is 204 g/mol. The summed E-state index contributed by atoms with van der Waals surface area (Å²) in [6.07, 6.45) is 1.31. The third kappa shape index (κ3) is 1.90. The molecular formula is C10H9FN4. The van der Waals surface area contributed by atoms with Gasteiger partial charge in [0.2, 0.25) is 5.95 Å². The van der Waals surface area contributed by atoms with E-state index in [2.05, 4.69) is 15.0 Å². The summed E-state index contributed by atoms with van der Waals surface area (Å²) in [5.41, 5.74) is 6.95. The minimum absolute atomic E-state index is 0.128. The number of benzene rings is 1. The van der Waals surface area contributed by atoms with E-state index < -0.39 is 0 Å². The van der Waals surface area contributed by atoms with Gasteiger partial charge in [-0.25, -0.2) is 14.4 Å². The molecule has 0 saturated heterocycles. The molecule has 5 heteroatoms. The Morgan fingerprint density at radius 1 is 1.27 bits per heavy atom. The Balaban J connectivity index is 2.58. The average Bonchev–Trinajstić information content (AvgIpc) is 2.22. The van der Waals surface area contributed by atoms with Crippen molar-refractivity contribution in [2.45, 2.75) is 6.92 Å². The molecule has 0 aliphatic heterocycles. The lowest BCUT2D eigenvalue weighted by atomic mass is 10.1. The van der Waals surface area contributed by atoms with Gasteiger partial charge in [-0.1, -0.05) is 6.07 Å². The van der Waals surface area contributed by atoms with Crippen molar-refractivity contribution in [1.82, 2.24) is 15.0 Å². The molecule has 2 rings (SSSR count). The van der Waals surface area contributed by atoms with Crippen LogP contribution in [0.1, 0.15) is 5.56 Å². The second-order valence-corrected chi connectivity index (χ2v) is 3.13. The molecule has 2 aromatic rings. The number of nitrogen functional groups attached to an aromatic ring is 1. The molecule has 0 bridgehead atoms. The van der Waals surface area contributed by atoms with Gasteiger partial charge in [0, 0.05) is 5.56 Å². The lowest BCUT2D eigenvalue weighted by molar-refractivity contribution is 0.627. The Morgan fingerprint density at radius 3 is 2.80 bits per heavy atom. The normalized spacial score (nSPS) is 10.3. The zero-order valence-electron chi connectivity index (χ0n) is 8.11. The van der Waals surface area contributed by atoms with Gasteiger partial charge in [0.05, 0.1) is 0 Å². The van der Waals surface area contributed by atoms with Crippen molar-refractivity contribution in [2.24, 2.45) is 0 Å². The minimum atomic E-state index is -0.324. The van der Waals surface area contributed by atoms with E-state index in [1.54, 1.807) is 6.07 Å². The molecule has 0 unspecified atom stereocenters. The van der Waals surface area contributed by atoms with Crippen LogP contribution in [-0.4, -0.2) is 15.0 Å². The SMILES string of the molecule is Cc1ccc(F)cc1-c1ncnc(N)n1. The predicted octanol–water partition coefficient (Wildman–Crippen LogP) is 1.57. The number of hydrogen-bond donors (Lipinski definition) is 1. The third-order valence-electron chi connectivity index (χ3n) is 2.03. The van der Waals surface area contributed by atoms with E-state index in [0.717, 1.165) is 5.56 Å². The van der Waals surface area contributed by atoms with Gasteiger partial charge in [-0.2, -0.15) is 4.98 Å². The van der Waals surface area contributed by atoms with Crippen molar-refractivity contribution in [3.05, 3.63) is 35.9 Å². The van der Waals surface area contributed by atoms with Gasteiger partial charge >= 0.3 is 0 Å². The molecule has 0 spiro atoms. The first-order valence-corrected chi connectivity index (χ1v) is 4.38. The number of rotatable bonds is 1. The van der Waals surface area contributed by atoms with Crippen LogP contribution in [0, 0.1) is 12.7 Å². The fraction of sp³-hybridized carbons (Fsp3) is 0.100. The molecule has 0 atom stereocenters. The summed E-state index contributed by atoms with van der Waals surface area (Å²) in [7, 11) is 0. The summed E-state index contributed by atoms with van der Waals surface area (Å²) < 4.78 is 13.0. The molecule has 4 nitrogen and oxygen atoms in total. The van der Waals surface area contributed by atoms with Crippen LogP contribution >= 0.6 is 0 Å². The van der Waals surface area contributed by atoms with Crippen LogP contribution < -0.4 is 5.73 Å². The molecule has 1 aromatic carbocycles. The summed E-state index contributed by atoms with van der Waals surface area (Å²) in [4.78, 5) is 11.6. The number of anilines is 1. The van der Waals surface area contributed by atoms with Crippen molar-refractivity contribution in [2.75, 3.05) is 5.73 Å². The second-order valence-electron chi connectivity index (χ2n) is 3.13. The van der Waals surface area contributed by atoms with Gasteiger partial charge in [0.15, 0.2) is 5.82 Å². The Kier molecular flexibility index (Phi) is 2.29. The second kappa shape index (κ2) is 3.61. The highest BCUT2D eigenvalue weighted by molar-refractivity contribution is 5.60. The summed E-state index contributed by atoms with van der Waals surface area (Å²) >= 11 is 0. The lowest BCUT2D eigenvalue weighted by Crippen LogP contribution is -1.99. The first-order chi connectivity index (χ1) is 7.16. The van der Waals surface area contributed by atoms with E-state index in [0.29, 0.717) is 11.4 Å². The zero-order chi connectivity index (χ0) is 10.8. The first kappa shape index (κ1) is 9.51. The topological polar surface area (TPSA) is 64.7 Å². The quantitative estimate of drug-likeness (QED) is 0.765. The van der Waals surface area contributed by atoms with E-state index in [-0.39, 0.29) is 11.8 Å². The molecular weight excluding hydrogens is 195 g/mol. The van der Waals surface area contributed by atoms with E-state index in [1.807, 2.05) is 6.92 Å². The van der Waals surface area contributed by atoms with Crippen LogP contribution in [0.2, 0.25) is 0 Å². The molecule has 1 aromatic heterocycles. The van der Waals surface area contributed by atoms with Crippen LogP contribution in [0.15, 0.2) is 24.5 Å². The lowest BCUT2D eigenvalue weighted by Gasteiger charge is -2.03. The molecule has 0 fully saturated rings.